The molecule has 1 heterocycles. The molecule has 3 N–H and O–H groups in total. The van der Waals surface area contributed by atoms with Crippen LogP contribution in [0.3, 0.4) is 0 Å². The van der Waals surface area contributed by atoms with Gasteiger partial charge in [0.15, 0.2) is 14.6 Å². The highest BCUT2D eigenvalue weighted by molar-refractivity contribution is 7.92. The molecule has 0 saturated heterocycles. The Balaban J connectivity index is 2.17. The molecule has 1 atom stereocenters. The lowest BCUT2D eigenvalue weighted by Crippen LogP contribution is -2.49. The van der Waals surface area contributed by atoms with Crippen LogP contribution in [0.1, 0.15) is 26.2 Å². The zero-order valence-corrected chi connectivity index (χ0v) is 19.4. The second-order valence-corrected chi connectivity index (χ2v) is 10.4. The van der Waals surface area contributed by atoms with E-state index in [1.54, 1.807) is 24.3 Å². The molecule has 0 aliphatic carbocycles. The summed E-state index contributed by atoms with van der Waals surface area (Å²) in [5.74, 6) is -0.554. The predicted octanol–water partition coefficient (Wildman–Crippen LogP) is 2.02. The lowest BCUT2D eigenvalue weighted by atomic mass is 10.1. The van der Waals surface area contributed by atoms with Crippen molar-refractivity contribution in [3.63, 3.8) is 0 Å². The van der Waals surface area contributed by atoms with Crippen LogP contribution in [0.25, 0.3) is 11.1 Å². The van der Waals surface area contributed by atoms with Crippen LogP contribution < -0.4 is 15.8 Å². The van der Waals surface area contributed by atoms with E-state index in [-0.39, 0.29) is 25.1 Å². The molecule has 1 unspecified atom stereocenters. The van der Waals surface area contributed by atoms with Crippen LogP contribution in [0, 0.1) is 0 Å². The van der Waals surface area contributed by atoms with E-state index in [1.165, 1.54) is 29.2 Å². The van der Waals surface area contributed by atoms with Crippen LogP contribution in [0.2, 0.25) is 5.02 Å². The number of unbranched alkanes of at least 4 members (excludes halogenated alkanes) is 1. The minimum absolute atomic E-state index is 0.0442. The van der Waals surface area contributed by atoms with Crippen LogP contribution in [0.4, 0.5) is 0 Å². The fourth-order valence-corrected chi connectivity index (χ4v) is 4.06. The Bertz CT molecular complexity index is 1120. The maximum absolute atomic E-state index is 12.6. The number of carbonyl (C=O) groups excluding carboxylic acids is 1. The van der Waals surface area contributed by atoms with E-state index >= 15 is 0 Å². The van der Waals surface area contributed by atoms with Gasteiger partial charge in [-0.2, -0.15) is 0 Å². The number of nitrogens with one attached hydrogen (secondary N) is 1. The van der Waals surface area contributed by atoms with Crippen molar-refractivity contribution in [3.8, 4) is 16.9 Å². The third-order valence-electron chi connectivity index (χ3n) is 5.30. The minimum Gasteiger partial charge on any atom is -0.492 e. The van der Waals surface area contributed by atoms with Gasteiger partial charge in [0.25, 0.3) is 11.5 Å². The van der Waals surface area contributed by atoms with E-state index < -0.39 is 20.5 Å². The molecule has 1 aromatic carbocycles. The van der Waals surface area contributed by atoms with Crippen molar-refractivity contribution in [3.05, 3.63) is 51.9 Å². The topological polar surface area (TPSA) is 135 Å². The van der Waals surface area contributed by atoms with Crippen LogP contribution in [0.5, 0.6) is 5.75 Å². The second-order valence-electron chi connectivity index (χ2n) is 7.57. The van der Waals surface area contributed by atoms with Gasteiger partial charge in [-0.1, -0.05) is 17.7 Å². The molecule has 1 amide bonds. The first-order valence-corrected chi connectivity index (χ1v) is 12.2. The molecule has 9 nitrogen and oxygen atoms in total. The summed E-state index contributed by atoms with van der Waals surface area (Å²) < 4.78 is 29.1. The number of hydroxylamine groups is 1. The first-order chi connectivity index (χ1) is 15.0. The smallest absolute Gasteiger partial charge is 0.264 e. The number of halogens is 1. The number of rotatable bonds is 11. The van der Waals surface area contributed by atoms with Gasteiger partial charge in [-0.15, -0.1) is 0 Å². The van der Waals surface area contributed by atoms with Gasteiger partial charge in [0.1, 0.15) is 5.75 Å². The Morgan fingerprint density at radius 3 is 2.47 bits per heavy atom. The minimum atomic E-state index is -3.86. The molecule has 0 saturated carbocycles. The maximum atomic E-state index is 12.6. The van der Waals surface area contributed by atoms with Gasteiger partial charge < -0.3 is 14.4 Å². The predicted molar refractivity (Wildman–Crippen MR) is 121 cm³/mol. The third-order valence-corrected chi connectivity index (χ3v) is 7.62. The first kappa shape index (κ1) is 25.9. The number of sulfone groups is 1. The average Bonchev–Trinajstić information content (AvgIpc) is 2.75. The molecule has 0 radical (unpaired) electrons. The number of amides is 1. The summed E-state index contributed by atoms with van der Waals surface area (Å²) in [7, 11) is -3.86. The number of benzene rings is 1. The maximum Gasteiger partial charge on any atom is 0.264 e. The van der Waals surface area contributed by atoms with Gasteiger partial charge in [-0.3, -0.25) is 14.8 Å². The van der Waals surface area contributed by atoms with E-state index in [4.69, 9.17) is 26.7 Å². The zero-order valence-electron chi connectivity index (χ0n) is 17.9. The van der Waals surface area contributed by atoms with Gasteiger partial charge in [0.05, 0.1) is 11.6 Å². The van der Waals surface area contributed by atoms with Crippen molar-refractivity contribution in [1.82, 2.24) is 10.0 Å². The SMILES string of the molecule is CC(CCn1ccc(-c2ccc(OCCCCO)c(Cl)c2)cc1=O)(C(=O)NO)S(C)(=O)=O. The number of aliphatic hydroxyl groups excluding tert-OH is 1. The van der Waals surface area contributed by atoms with Crippen molar-refractivity contribution < 1.29 is 28.3 Å². The fraction of sp³-hybridized carbons (Fsp3) is 0.429. The zero-order chi connectivity index (χ0) is 23.9. The number of aliphatic hydroxyl groups is 1. The summed E-state index contributed by atoms with van der Waals surface area (Å²) in [5.41, 5.74) is 2.30. The molecular formula is C21H27ClN2O7S. The molecule has 11 heteroatoms. The highest BCUT2D eigenvalue weighted by atomic mass is 35.5. The molecule has 0 bridgehead atoms. The van der Waals surface area contributed by atoms with E-state index in [9.17, 15) is 18.0 Å². The van der Waals surface area contributed by atoms with Crippen molar-refractivity contribution in [2.45, 2.75) is 37.5 Å². The molecule has 32 heavy (non-hydrogen) atoms. The number of hydrogen-bond acceptors (Lipinski definition) is 7. The van der Waals surface area contributed by atoms with Gasteiger partial charge >= 0.3 is 0 Å². The lowest BCUT2D eigenvalue weighted by molar-refractivity contribution is -0.131. The Kier molecular flexibility index (Phi) is 8.85. The molecule has 0 aliphatic rings. The van der Waals surface area contributed by atoms with Crippen LogP contribution in [-0.2, 0) is 21.2 Å². The van der Waals surface area contributed by atoms with Crippen molar-refractivity contribution in [2.75, 3.05) is 19.5 Å². The van der Waals surface area contributed by atoms with Crippen LogP contribution >= 0.6 is 11.6 Å². The molecule has 0 fully saturated rings. The number of aryl methyl sites for hydroxylation is 1. The van der Waals surface area contributed by atoms with Crippen LogP contribution in [-0.4, -0.2) is 53.4 Å². The Morgan fingerprint density at radius 2 is 1.91 bits per heavy atom. The number of aromatic nitrogens is 1. The highest BCUT2D eigenvalue weighted by Gasteiger charge is 2.43. The van der Waals surface area contributed by atoms with E-state index in [1.807, 2.05) is 0 Å². The van der Waals surface area contributed by atoms with Crippen molar-refractivity contribution >= 4 is 27.3 Å². The fourth-order valence-electron chi connectivity index (χ4n) is 2.98. The summed E-state index contributed by atoms with van der Waals surface area (Å²) in [4.78, 5) is 24.5. The number of pyridine rings is 1. The van der Waals surface area contributed by atoms with Gasteiger partial charge in [-0.25, -0.2) is 13.9 Å². The highest BCUT2D eigenvalue weighted by Crippen LogP contribution is 2.30. The van der Waals surface area contributed by atoms with Gasteiger partial charge in [-0.05, 0) is 55.5 Å². The Labute approximate surface area is 191 Å². The quantitative estimate of drug-likeness (QED) is 0.251. The molecule has 0 spiro atoms. The van der Waals surface area contributed by atoms with Crippen molar-refractivity contribution in [2.24, 2.45) is 0 Å². The van der Waals surface area contributed by atoms with E-state index in [0.717, 1.165) is 6.26 Å². The Morgan fingerprint density at radius 1 is 1.22 bits per heavy atom. The Hall–Kier alpha value is -2.40. The van der Waals surface area contributed by atoms with Gasteiger partial charge in [0, 0.05) is 31.7 Å². The summed E-state index contributed by atoms with van der Waals surface area (Å²) in [5, 5.41) is 18.1. The number of carbonyl (C=O) groups is 1. The first-order valence-electron chi connectivity index (χ1n) is 9.91. The standard InChI is InChI=1S/C21H27ClN2O7S/c1-21(20(27)23-28,32(2,29)30)8-10-24-9-7-16(14-19(24)26)15-5-6-18(17(22)13-15)31-12-4-3-11-25/h5-7,9,13-14,25,28H,3-4,8,10-12H2,1-2H3,(H,23,27). The summed E-state index contributed by atoms with van der Waals surface area (Å²) >= 11 is 6.28. The number of nitrogens with zero attached hydrogens (tertiary/aromatic N) is 1. The summed E-state index contributed by atoms with van der Waals surface area (Å²) in [6.45, 7) is 1.68. The largest absolute Gasteiger partial charge is 0.492 e. The average molecular weight is 487 g/mol. The number of hydrogen-bond donors (Lipinski definition) is 3. The summed E-state index contributed by atoms with van der Waals surface area (Å²) in [6.07, 6.45) is 3.54. The number of ether oxygens (including phenoxy) is 1. The molecular weight excluding hydrogens is 460 g/mol. The normalized spacial score (nSPS) is 13.4. The lowest BCUT2D eigenvalue weighted by Gasteiger charge is -2.25. The molecule has 0 aliphatic heterocycles. The summed E-state index contributed by atoms with van der Waals surface area (Å²) in [6, 6.07) is 8.20. The molecule has 2 rings (SSSR count). The molecule has 1 aromatic heterocycles. The molecule has 176 valence electrons. The monoisotopic (exact) mass is 486 g/mol. The van der Waals surface area contributed by atoms with Crippen LogP contribution in [0.15, 0.2) is 41.3 Å². The molecule has 2 aromatic rings. The van der Waals surface area contributed by atoms with E-state index in [0.29, 0.717) is 41.3 Å². The van der Waals surface area contributed by atoms with E-state index in [2.05, 4.69) is 0 Å². The third kappa shape index (κ3) is 6.10. The van der Waals surface area contributed by atoms with Gasteiger partial charge in [0.2, 0.25) is 0 Å². The van der Waals surface area contributed by atoms with Crippen molar-refractivity contribution in [1.29, 1.82) is 0 Å². The second kappa shape index (κ2) is 11.0.